The van der Waals surface area contributed by atoms with Gasteiger partial charge in [0.05, 0.1) is 24.0 Å². The van der Waals surface area contributed by atoms with Crippen molar-refractivity contribution in [2.45, 2.75) is 32.9 Å². The number of anilines is 8. The van der Waals surface area contributed by atoms with Gasteiger partial charge >= 0.3 is 0 Å². The van der Waals surface area contributed by atoms with E-state index < -0.39 is 0 Å². The van der Waals surface area contributed by atoms with Crippen LogP contribution >= 0.6 is 0 Å². The molecule has 0 bridgehead atoms. The molecule has 2 saturated heterocycles. The second kappa shape index (κ2) is 18.2. The lowest BCUT2D eigenvalue weighted by atomic mass is 10.2. The van der Waals surface area contributed by atoms with Crippen molar-refractivity contribution in [1.82, 2.24) is 40.1 Å². The van der Waals surface area contributed by atoms with Crippen LogP contribution in [0.15, 0.2) is 73.1 Å². The quantitative estimate of drug-likeness (QED) is 0.0859. The summed E-state index contributed by atoms with van der Waals surface area (Å²) >= 11 is 0. The Morgan fingerprint density at radius 1 is 0.649 bits per heavy atom. The standard InChI is InChI=1S/C21H27N7O2.C19H25N7O/c1-14(13-29)23-20-18-7-8-22-19(18)25-21(26-20)24-16-3-5-17(6-4-16)28-11-9-27(10-12-28)15(2)30;1-13(12-27)22-18-16-6-7-21-17(16)24-19(25-18)23-14-2-4-15(5-3-14)26-10-8-20-9-11-26/h3-8,14,29H,9-13H2,1-2H3,(H3,22,23,24,25,26);2-7,13,20,27H,8-12H2,1H3,(H3,21,22,23,24,25)/t14-;13-/m00/s1. The zero-order valence-electron chi connectivity index (χ0n) is 32.6. The Hall–Kier alpha value is -6.17. The van der Waals surface area contributed by atoms with Gasteiger partial charge in [-0.1, -0.05) is 0 Å². The normalized spacial score (nSPS) is 15.5. The maximum atomic E-state index is 11.5. The number of fused-ring (bicyclic) bond motifs is 2. The number of aliphatic hydroxyl groups excluding tert-OH is 2. The van der Waals surface area contributed by atoms with Gasteiger partial charge in [0.25, 0.3) is 0 Å². The summed E-state index contributed by atoms with van der Waals surface area (Å²) in [5.41, 5.74) is 5.64. The molecule has 4 aromatic heterocycles. The molecule has 6 aromatic rings. The van der Waals surface area contributed by atoms with Crippen molar-refractivity contribution in [1.29, 1.82) is 0 Å². The highest BCUT2D eigenvalue weighted by atomic mass is 16.3. The molecular formula is C40H52N14O3. The first-order valence-electron chi connectivity index (χ1n) is 19.4. The minimum Gasteiger partial charge on any atom is -0.394 e. The van der Waals surface area contributed by atoms with E-state index in [1.54, 1.807) is 6.92 Å². The van der Waals surface area contributed by atoms with E-state index in [2.05, 4.69) is 90.6 Å². The van der Waals surface area contributed by atoms with Gasteiger partial charge in [-0.25, -0.2) is 0 Å². The summed E-state index contributed by atoms with van der Waals surface area (Å²) < 4.78 is 0. The molecule has 2 aliphatic rings. The molecule has 0 aliphatic carbocycles. The van der Waals surface area contributed by atoms with Crippen molar-refractivity contribution in [2.24, 2.45) is 0 Å². The highest BCUT2D eigenvalue weighted by Gasteiger charge is 2.19. The number of hydrogen-bond donors (Lipinski definition) is 9. The van der Waals surface area contributed by atoms with Crippen LogP contribution in [0, 0.1) is 0 Å². The summed E-state index contributed by atoms with van der Waals surface area (Å²) in [4.78, 5) is 42.5. The van der Waals surface area contributed by atoms with E-state index >= 15 is 0 Å². The molecule has 17 heteroatoms. The van der Waals surface area contributed by atoms with Crippen LogP contribution in [-0.2, 0) is 4.79 Å². The second-order valence-electron chi connectivity index (χ2n) is 14.3. The van der Waals surface area contributed by atoms with Gasteiger partial charge in [0.2, 0.25) is 17.8 Å². The van der Waals surface area contributed by atoms with Gasteiger partial charge in [-0.2, -0.15) is 19.9 Å². The molecule has 2 fully saturated rings. The number of hydrogen-bond acceptors (Lipinski definition) is 14. The van der Waals surface area contributed by atoms with Crippen LogP contribution in [0.25, 0.3) is 22.1 Å². The summed E-state index contributed by atoms with van der Waals surface area (Å²) in [5.74, 6) is 2.48. The Morgan fingerprint density at radius 2 is 1.09 bits per heavy atom. The molecule has 0 saturated carbocycles. The van der Waals surface area contributed by atoms with Crippen molar-refractivity contribution in [3.63, 3.8) is 0 Å². The molecular weight excluding hydrogens is 725 g/mol. The fourth-order valence-corrected chi connectivity index (χ4v) is 6.74. The topological polar surface area (TPSA) is 211 Å². The number of aromatic nitrogens is 6. The van der Waals surface area contributed by atoms with Crippen LogP contribution in [-0.4, -0.2) is 129 Å². The number of aliphatic hydroxyl groups is 2. The third-order valence-electron chi connectivity index (χ3n) is 9.96. The Balaban J connectivity index is 0.000000175. The Kier molecular flexibility index (Phi) is 12.5. The van der Waals surface area contributed by atoms with Crippen LogP contribution in [0.4, 0.5) is 46.3 Å². The van der Waals surface area contributed by atoms with Gasteiger partial charge in [0, 0.05) is 107 Å². The SMILES string of the molecule is CC(=O)N1CCN(c2ccc(Nc3nc(N[C@@H](C)CO)c4cc[nH]c4n3)cc2)CC1.C[C@@H](CO)Nc1nc(Nc2ccc(N3CCNCC3)cc2)nc2[nH]ccc12. The number of rotatable bonds is 12. The zero-order valence-corrected chi connectivity index (χ0v) is 32.6. The summed E-state index contributed by atoms with van der Waals surface area (Å²) in [5, 5.41) is 36.8. The van der Waals surface area contributed by atoms with Crippen LogP contribution in [0.5, 0.6) is 0 Å². The minimum atomic E-state index is -0.117. The predicted octanol–water partition coefficient (Wildman–Crippen LogP) is 4.07. The fourth-order valence-electron chi connectivity index (χ4n) is 6.74. The minimum absolute atomic E-state index is 0.0147. The average molecular weight is 777 g/mol. The summed E-state index contributed by atoms with van der Waals surface area (Å²) in [7, 11) is 0. The number of amides is 1. The molecule has 0 spiro atoms. The number of carbonyl (C=O) groups is 1. The van der Waals surface area contributed by atoms with E-state index in [1.165, 1.54) is 5.69 Å². The fraction of sp³-hybridized carbons (Fsp3) is 0.375. The van der Waals surface area contributed by atoms with E-state index in [0.717, 1.165) is 91.5 Å². The number of nitrogens with zero attached hydrogens (tertiary/aromatic N) is 7. The highest BCUT2D eigenvalue weighted by Crippen LogP contribution is 2.27. The van der Waals surface area contributed by atoms with Crippen molar-refractivity contribution in [3.05, 3.63) is 73.1 Å². The van der Waals surface area contributed by atoms with Gasteiger partial charge in [0.15, 0.2) is 0 Å². The van der Waals surface area contributed by atoms with Crippen molar-refractivity contribution >= 4 is 74.3 Å². The number of aromatic amines is 2. The van der Waals surface area contributed by atoms with E-state index in [-0.39, 0.29) is 31.2 Å². The van der Waals surface area contributed by atoms with Crippen LogP contribution in [0.1, 0.15) is 20.8 Å². The van der Waals surface area contributed by atoms with Gasteiger partial charge < -0.3 is 61.5 Å². The monoisotopic (exact) mass is 776 g/mol. The van der Waals surface area contributed by atoms with Crippen LogP contribution in [0.2, 0.25) is 0 Å². The Bertz CT molecular complexity index is 2210. The summed E-state index contributed by atoms with van der Waals surface area (Å²) in [6.07, 6.45) is 3.65. The second-order valence-corrected chi connectivity index (χ2v) is 14.3. The van der Waals surface area contributed by atoms with Gasteiger partial charge in [-0.15, -0.1) is 0 Å². The molecule has 2 aliphatic heterocycles. The molecule has 0 radical (unpaired) electrons. The van der Waals surface area contributed by atoms with E-state index in [9.17, 15) is 15.0 Å². The summed E-state index contributed by atoms with van der Waals surface area (Å²) in [6, 6.07) is 20.1. The van der Waals surface area contributed by atoms with Gasteiger partial charge in [-0.3, -0.25) is 4.79 Å². The Morgan fingerprint density at radius 3 is 1.51 bits per heavy atom. The smallest absolute Gasteiger partial charge is 0.231 e. The summed E-state index contributed by atoms with van der Waals surface area (Å²) in [6.45, 7) is 12.7. The van der Waals surface area contributed by atoms with Gasteiger partial charge in [-0.05, 0) is 74.5 Å². The molecule has 2 aromatic carbocycles. The first-order chi connectivity index (χ1) is 27.8. The van der Waals surface area contributed by atoms with Crippen molar-refractivity contribution in [3.8, 4) is 0 Å². The first kappa shape index (κ1) is 39.1. The van der Waals surface area contributed by atoms with E-state index in [4.69, 9.17) is 0 Å². The van der Waals surface area contributed by atoms with Crippen LogP contribution < -0.4 is 36.4 Å². The predicted molar refractivity (Wildman–Crippen MR) is 227 cm³/mol. The number of carbonyl (C=O) groups excluding carboxylic acids is 1. The highest BCUT2D eigenvalue weighted by molar-refractivity contribution is 5.89. The Labute approximate surface area is 331 Å². The van der Waals surface area contributed by atoms with Crippen molar-refractivity contribution < 1.29 is 15.0 Å². The number of nitrogens with one attached hydrogen (secondary N) is 7. The number of H-pyrrole nitrogens is 2. The molecule has 0 unspecified atom stereocenters. The third-order valence-corrected chi connectivity index (χ3v) is 9.96. The largest absolute Gasteiger partial charge is 0.394 e. The molecule has 1 amide bonds. The molecule has 6 heterocycles. The number of benzene rings is 2. The first-order valence-corrected chi connectivity index (χ1v) is 19.4. The van der Waals surface area contributed by atoms with E-state index in [0.29, 0.717) is 23.5 Å². The maximum absolute atomic E-state index is 11.5. The molecule has 9 N–H and O–H groups in total. The molecule has 57 heavy (non-hydrogen) atoms. The molecule has 17 nitrogen and oxygen atoms in total. The number of piperazine rings is 2. The van der Waals surface area contributed by atoms with E-state index in [1.807, 2.05) is 67.5 Å². The lowest BCUT2D eigenvalue weighted by molar-refractivity contribution is -0.129. The lowest BCUT2D eigenvalue weighted by Gasteiger charge is -2.35. The van der Waals surface area contributed by atoms with Crippen molar-refractivity contribution in [2.75, 3.05) is 96.6 Å². The molecule has 8 rings (SSSR count). The molecule has 300 valence electrons. The van der Waals surface area contributed by atoms with Crippen LogP contribution in [0.3, 0.4) is 0 Å². The molecule has 2 atom stereocenters. The van der Waals surface area contributed by atoms with Gasteiger partial charge in [0.1, 0.15) is 22.9 Å². The zero-order chi connectivity index (χ0) is 39.7. The maximum Gasteiger partial charge on any atom is 0.231 e. The average Bonchev–Trinajstić information content (AvgIpc) is 3.93. The lowest BCUT2D eigenvalue weighted by Crippen LogP contribution is -2.48. The third kappa shape index (κ3) is 9.80.